The van der Waals surface area contributed by atoms with Crippen molar-refractivity contribution in [3.05, 3.63) is 24.3 Å². The van der Waals surface area contributed by atoms with Crippen molar-refractivity contribution in [2.24, 2.45) is 0 Å². The molecule has 0 radical (unpaired) electrons. The van der Waals surface area contributed by atoms with Crippen LogP contribution >= 0.6 is 0 Å². The van der Waals surface area contributed by atoms with Crippen LogP contribution in [-0.4, -0.2) is 72.9 Å². The van der Waals surface area contributed by atoms with E-state index in [1.54, 1.807) is 0 Å². The number of aliphatic hydroxyl groups is 5. The summed E-state index contributed by atoms with van der Waals surface area (Å²) in [5.74, 6) is -2.28. The van der Waals surface area contributed by atoms with E-state index in [9.17, 15) is 39.9 Å². The van der Waals surface area contributed by atoms with Gasteiger partial charge < -0.3 is 25.5 Å². The first kappa shape index (κ1) is 61.3. The zero-order valence-electron chi connectivity index (χ0n) is 41.4. The second-order valence-electron chi connectivity index (χ2n) is 19.0. The lowest BCUT2D eigenvalue weighted by molar-refractivity contribution is -0.174. The summed E-state index contributed by atoms with van der Waals surface area (Å²) in [6.07, 6.45) is 40.7. The van der Waals surface area contributed by atoms with Gasteiger partial charge in [0.25, 0.3) is 0 Å². The van der Waals surface area contributed by atoms with Crippen molar-refractivity contribution in [1.29, 1.82) is 0 Å². The van der Waals surface area contributed by atoms with E-state index in [0.717, 1.165) is 109 Å². The van der Waals surface area contributed by atoms with Gasteiger partial charge in [0.05, 0.1) is 12.2 Å². The van der Waals surface area contributed by atoms with Crippen molar-refractivity contribution >= 4 is 17.3 Å². The highest BCUT2D eigenvalue weighted by atomic mass is 16.4. The number of hydrogen-bond donors (Lipinski definition) is 5. The first-order valence-electron chi connectivity index (χ1n) is 26.9. The van der Waals surface area contributed by atoms with Crippen LogP contribution in [0.3, 0.4) is 0 Å². The first-order chi connectivity index (χ1) is 30.6. The smallest absolute Gasteiger partial charge is 0.210 e. The van der Waals surface area contributed by atoms with E-state index in [0.29, 0.717) is 32.1 Å². The summed E-state index contributed by atoms with van der Waals surface area (Å²) >= 11 is 0. The van der Waals surface area contributed by atoms with E-state index >= 15 is 0 Å². The van der Waals surface area contributed by atoms with Crippen LogP contribution in [-0.2, 0) is 14.4 Å². The van der Waals surface area contributed by atoms with Crippen LogP contribution in [0.5, 0.6) is 0 Å². The molecule has 2 unspecified atom stereocenters. The molecular weight excluding hydrogens is 789 g/mol. The molecule has 0 spiro atoms. The summed E-state index contributed by atoms with van der Waals surface area (Å²) in [5.41, 5.74) is -2.82. The summed E-state index contributed by atoms with van der Waals surface area (Å²) < 4.78 is 0. The van der Waals surface area contributed by atoms with Gasteiger partial charge in [-0.1, -0.05) is 212 Å². The fraction of sp³-hybridized carbons (Fsp3) is 0.873. The predicted octanol–water partition coefficient (Wildman–Crippen LogP) is 13.6. The van der Waals surface area contributed by atoms with E-state index in [-0.39, 0.29) is 31.5 Å². The van der Waals surface area contributed by atoms with Gasteiger partial charge in [-0.15, -0.1) is 0 Å². The highest BCUT2D eigenvalue weighted by molar-refractivity contribution is 6.11. The molecule has 0 aliphatic carbocycles. The molecule has 0 fully saturated rings. The van der Waals surface area contributed by atoms with Crippen molar-refractivity contribution in [3.63, 3.8) is 0 Å². The van der Waals surface area contributed by atoms with E-state index in [2.05, 4.69) is 45.1 Å². The van der Waals surface area contributed by atoms with Crippen LogP contribution in [0.15, 0.2) is 24.3 Å². The first-order valence-corrected chi connectivity index (χ1v) is 26.9. The molecule has 4 atom stereocenters. The zero-order valence-corrected chi connectivity index (χ0v) is 41.4. The maximum absolute atomic E-state index is 13.6. The number of carbonyl (C=O) groups is 3. The Morgan fingerprint density at radius 2 is 0.698 bits per heavy atom. The lowest BCUT2D eigenvalue weighted by Crippen LogP contribution is -2.61. The summed E-state index contributed by atoms with van der Waals surface area (Å²) in [4.78, 5) is 40.2. The van der Waals surface area contributed by atoms with Gasteiger partial charge in [-0.05, 0) is 70.6 Å². The second kappa shape index (κ2) is 44.1. The van der Waals surface area contributed by atoms with Crippen molar-refractivity contribution in [2.75, 3.05) is 0 Å². The maximum Gasteiger partial charge on any atom is 0.210 e. The Labute approximate surface area is 388 Å². The minimum Gasteiger partial charge on any atom is -0.393 e. The van der Waals surface area contributed by atoms with Gasteiger partial charge in [-0.25, -0.2) is 0 Å². The molecule has 0 saturated carbocycles. The average Bonchev–Trinajstić information content (AvgIpc) is 3.28. The maximum atomic E-state index is 13.6. The Kier molecular flexibility index (Phi) is 42.9. The topological polar surface area (TPSA) is 152 Å². The van der Waals surface area contributed by atoms with Gasteiger partial charge in [0.1, 0.15) is 12.2 Å². The number of aliphatic hydroxyl groups excluding tert-OH is 4. The van der Waals surface area contributed by atoms with Crippen LogP contribution < -0.4 is 0 Å². The lowest BCUT2D eigenvalue weighted by atomic mass is 9.79. The standard InChI is InChI=1S/C55H102O8/c1-4-7-10-13-14-15-16-17-18-19-26-31-38-45-50(58)53(61)54(62)55(63,51(59)46-39-32-27-22-20-24-29-36-43-48(56)41-34-11-8-5-2)52(60)47-40-33-28-23-21-25-30-37-44-49(57)42-35-12-9-6-3/h29-30,36-37,48-49,53-54,56-57,61-63H,4-28,31-35,38-47H2,1-3H3/b36-29-,37-30-/t48-,49-,53?,54?/m1/s1. The monoisotopic (exact) mass is 891 g/mol. The number of rotatable bonds is 49. The molecule has 8 nitrogen and oxygen atoms in total. The summed E-state index contributed by atoms with van der Waals surface area (Å²) in [6, 6.07) is 0. The number of carbonyl (C=O) groups excluding carboxylic acids is 3. The number of Topliss-reactive ketones (excluding diaryl/α,β-unsaturated/α-hetero) is 3. The fourth-order valence-corrected chi connectivity index (χ4v) is 8.48. The molecule has 0 bridgehead atoms. The third-order valence-corrected chi connectivity index (χ3v) is 12.9. The minimum atomic E-state index is -2.82. The molecule has 0 amide bonds. The van der Waals surface area contributed by atoms with E-state index in [4.69, 9.17) is 0 Å². The van der Waals surface area contributed by atoms with Crippen molar-refractivity contribution in [3.8, 4) is 0 Å². The van der Waals surface area contributed by atoms with Gasteiger partial charge in [-0.2, -0.15) is 0 Å². The summed E-state index contributed by atoms with van der Waals surface area (Å²) in [5, 5.41) is 54.2. The highest BCUT2D eigenvalue weighted by Crippen LogP contribution is 2.26. The van der Waals surface area contributed by atoms with Crippen LogP contribution in [0.25, 0.3) is 0 Å². The Morgan fingerprint density at radius 1 is 0.397 bits per heavy atom. The van der Waals surface area contributed by atoms with Crippen molar-refractivity contribution in [1.82, 2.24) is 0 Å². The van der Waals surface area contributed by atoms with Crippen molar-refractivity contribution < 1.29 is 39.9 Å². The fourth-order valence-electron chi connectivity index (χ4n) is 8.48. The average molecular weight is 891 g/mol. The molecule has 0 aromatic rings. The molecule has 0 aromatic heterocycles. The van der Waals surface area contributed by atoms with Gasteiger partial charge in [0.15, 0.2) is 17.3 Å². The SMILES string of the molecule is CCCCCCCCCCCCCCCC(=O)C(O)C(O)C(O)(C(=O)CCCCCCC/C=C\C[C@H](O)CCCCCC)C(=O)CCCCCCC/C=C\C[C@H](O)CCCCCC. The van der Waals surface area contributed by atoms with Gasteiger partial charge in [0.2, 0.25) is 5.60 Å². The molecule has 63 heavy (non-hydrogen) atoms. The number of unbranched alkanes of at least 4 members (excludes halogenated alkanes) is 28. The molecule has 0 aliphatic rings. The number of ketones is 3. The van der Waals surface area contributed by atoms with Crippen LogP contribution in [0.4, 0.5) is 0 Å². The van der Waals surface area contributed by atoms with Crippen LogP contribution in [0.2, 0.25) is 0 Å². The van der Waals surface area contributed by atoms with E-state index in [1.807, 2.05) is 0 Å². The van der Waals surface area contributed by atoms with Gasteiger partial charge in [-0.3, -0.25) is 14.4 Å². The number of allylic oxidation sites excluding steroid dienone is 2. The minimum absolute atomic E-state index is 0.0259. The second-order valence-corrected chi connectivity index (χ2v) is 19.0. The summed E-state index contributed by atoms with van der Waals surface area (Å²) in [6.45, 7) is 6.61. The van der Waals surface area contributed by atoms with E-state index < -0.39 is 35.2 Å². The molecule has 0 saturated heterocycles. The van der Waals surface area contributed by atoms with Gasteiger partial charge >= 0.3 is 0 Å². The normalized spacial score (nSPS) is 14.2. The molecule has 0 aliphatic heterocycles. The molecule has 370 valence electrons. The molecular formula is C55H102O8. The van der Waals surface area contributed by atoms with Crippen LogP contribution in [0.1, 0.15) is 278 Å². The van der Waals surface area contributed by atoms with Crippen molar-refractivity contribution in [2.45, 2.75) is 308 Å². The third-order valence-electron chi connectivity index (χ3n) is 12.9. The highest BCUT2D eigenvalue weighted by Gasteiger charge is 2.52. The largest absolute Gasteiger partial charge is 0.393 e. The number of hydrogen-bond acceptors (Lipinski definition) is 8. The molecule has 5 N–H and O–H groups in total. The third kappa shape index (κ3) is 34.3. The summed E-state index contributed by atoms with van der Waals surface area (Å²) in [7, 11) is 0. The Hall–Kier alpha value is -1.71. The van der Waals surface area contributed by atoms with Gasteiger partial charge in [0, 0.05) is 19.3 Å². The Morgan fingerprint density at radius 3 is 1.06 bits per heavy atom. The van der Waals surface area contributed by atoms with E-state index in [1.165, 1.54) is 96.3 Å². The van der Waals surface area contributed by atoms with Crippen LogP contribution in [0, 0.1) is 0 Å². The lowest BCUT2D eigenvalue weighted by Gasteiger charge is -2.32. The Balaban J connectivity index is 4.90. The molecule has 0 aromatic carbocycles. The Bertz CT molecular complexity index is 1060. The quantitative estimate of drug-likeness (QED) is 0.0230. The predicted molar refractivity (Wildman–Crippen MR) is 264 cm³/mol. The molecule has 8 heteroatoms. The molecule has 0 heterocycles. The zero-order chi connectivity index (χ0) is 46.7. The molecule has 0 rings (SSSR count).